The molecule has 2 aromatic rings. The molecule has 0 spiro atoms. The molecule has 0 aromatic carbocycles. The average molecular weight is 369 g/mol. The molecule has 1 amide bonds. The number of anilines is 1. The third kappa shape index (κ3) is 3.31. The number of carbonyl (C=O) groups is 1. The number of amides is 1. The van der Waals surface area contributed by atoms with Gasteiger partial charge in [-0.2, -0.15) is 4.98 Å². The molecule has 2 aliphatic rings. The fourth-order valence-electron chi connectivity index (χ4n) is 4.51. The van der Waals surface area contributed by atoms with E-state index in [1.165, 1.54) is 0 Å². The summed E-state index contributed by atoms with van der Waals surface area (Å²) in [4.78, 5) is 36.3. The predicted molar refractivity (Wildman–Crippen MR) is 105 cm³/mol. The first-order chi connectivity index (χ1) is 13.1. The van der Waals surface area contributed by atoms with Gasteiger partial charge in [0, 0.05) is 43.8 Å². The quantitative estimate of drug-likeness (QED) is 0.897. The average Bonchev–Trinajstić information content (AvgIpc) is 3.21. The molecule has 4 rings (SSSR count). The van der Waals surface area contributed by atoms with Crippen LogP contribution in [-0.4, -0.2) is 40.6 Å². The number of aryl methyl sites for hydroxylation is 1. The second kappa shape index (κ2) is 7.29. The number of nitrogens with one attached hydrogen (secondary N) is 1. The summed E-state index contributed by atoms with van der Waals surface area (Å²) < 4.78 is 1.88. The fourth-order valence-corrected chi connectivity index (χ4v) is 4.51. The predicted octanol–water partition coefficient (Wildman–Crippen LogP) is 2.18. The Bertz CT molecular complexity index is 916. The van der Waals surface area contributed by atoms with Gasteiger partial charge in [0.2, 0.25) is 11.9 Å². The lowest BCUT2D eigenvalue weighted by Gasteiger charge is -2.32. The van der Waals surface area contributed by atoms with Gasteiger partial charge in [0.05, 0.1) is 5.92 Å². The van der Waals surface area contributed by atoms with E-state index in [4.69, 9.17) is 4.98 Å². The molecule has 7 nitrogen and oxygen atoms in total. The van der Waals surface area contributed by atoms with Crippen LogP contribution in [0.3, 0.4) is 0 Å². The van der Waals surface area contributed by atoms with E-state index >= 15 is 0 Å². The molecule has 1 saturated carbocycles. The zero-order chi connectivity index (χ0) is 19.0. The second-order valence-electron chi connectivity index (χ2n) is 7.78. The molecule has 1 saturated heterocycles. The van der Waals surface area contributed by atoms with Crippen molar-refractivity contribution in [2.45, 2.75) is 51.5 Å². The Morgan fingerprint density at radius 3 is 2.74 bits per heavy atom. The second-order valence-corrected chi connectivity index (χ2v) is 7.78. The summed E-state index contributed by atoms with van der Waals surface area (Å²) in [6.07, 6.45) is 8.02. The lowest BCUT2D eigenvalue weighted by Crippen LogP contribution is -2.43. The summed E-state index contributed by atoms with van der Waals surface area (Å²) in [6, 6.07) is 1.93. The molecular weight excluding hydrogens is 342 g/mol. The van der Waals surface area contributed by atoms with Gasteiger partial charge >= 0.3 is 0 Å². The molecule has 3 heterocycles. The molecule has 2 aromatic heterocycles. The minimum atomic E-state index is -0.0439. The van der Waals surface area contributed by atoms with E-state index in [9.17, 15) is 9.59 Å². The summed E-state index contributed by atoms with van der Waals surface area (Å²) in [5.41, 5.74) is 1.68. The van der Waals surface area contributed by atoms with Crippen molar-refractivity contribution in [3.8, 4) is 0 Å². The molecule has 2 fully saturated rings. The van der Waals surface area contributed by atoms with Crippen LogP contribution in [0, 0.1) is 12.8 Å². The zero-order valence-corrected chi connectivity index (χ0v) is 16.1. The van der Waals surface area contributed by atoms with Crippen LogP contribution in [0.4, 0.5) is 5.95 Å². The van der Waals surface area contributed by atoms with E-state index in [0.29, 0.717) is 12.5 Å². The molecule has 0 bridgehead atoms. The summed E-state index contributed by atoms with van der Waals surface area (Å²) in [7, 11) is 1.68. The van der Waals surface area contributed by atoms with Crippen molar-refractivity contribution in [2.24, 2.45) is 5.92 Å². The van der Waals surface area contributed by atoms with Crippen LogP contribution < -0.4 is 15.8 Å². The molecule has 1 N–H and O–H groups in total. The van der Waals surface area contributed by atoms with Crippen LogP contribution in [0.2, 0.25) is 0 Å². The Hall–Kier alpha value is -2.44. The molecule has 1 atom stereocenters. The highest BCUT2D eigenvalue weighted by Gasteiger charge is 2.27. The topological polar surface area (TPSA) is 80.1 Å². The van der Waals surface area contributed by atoms with Crippen molar-refractivity contribution >= 4 is 22.9 Å². The lowest BCUT2D eigenvalue weighted by atomic mass is 9.97. The smallest absolute Gasteiger partial charge is 0.252 e. The molecule has 1 aliphatic heterocycles. The Morgan fingerprint density at radius 1 is 1.22 bits per heavy atom. The molecule has 7 heteroatoms. The summed E-state index contributed by atoms with van der Waals surface area (Å²) in [5.74, 6) is 0.643. The van der Waals surface area contributed by atoms with Gasteiger partial charge in [-0.1, -0.05) is 12.8 Å². The molecule has 1 aliphatic carbocycles. The van der Waals surface area contributed by atoms with Crippen molar-refractivity contribution in [3.63, 3.8) is 0 Å². The summed E-state index contributed by atoms with van der Waals surface area (Å²) in [5, 5.41) is 3.68. The van der Waals surface area contributed by atoms with Crippen molar-refractivity contribution in [1.29, 1.82) is 0 Å². The zero-order valence-electron chi connectivity index (χ0n) is 16.1. The standard InChI is InChI=1S/C20H27N5O2/c1-13-10-17(26)25(15-7-3-4-8-15)18-16(13)11-22-20(23-18)24-9-5-6-14(12-24)19(27)21-2/h10-11,14-15H,3-9,12H2,1-2H3,(H,21,27). The van der Waals surface area contributed by atoms with E-state index in [0.717, 1.165) is 61.7 Å². The Balaban J connectivity index is 1.76. The van der Waals surface area contributed by atoms with Crippen molar-refractivity contribution in [1.82, 2.24) is 19.9 Å². The number of piperidine rings is 1. The van der Waals surface area contributed by atoms with Gasteiger partial charge in [0.25, 0.3) is 5.56 Å². The number of carbonyl (C=O) groups excluding carboxylic acids is 1. The van der Waals surface area contributed by atoms with Crippen LogP contribution in [0.15, 0.2) is 17.1 Å². The minimum Gasteiger partial charge on any atom is -0.359 e. The van der Waals surface area contributed by atoms with Crippen LogP contribution >= 0.6 is 0 Å². The first kappa shape index (κ1) is 17.9. The molecule has 0 radical (unpaired) electrons. The number of aromatic nitrogens is 3. The number of nitrogens with zero attached hydrogens (tertiary/aromatic N) is 4. The maximum absolute atomic E-state index is 12.7. The third-order valence-corrected chi connectivity index (χ3v) is 6.00. The SMILES string of the molecule is CNC(=O)C1CCCN(c2ncc3c(C)cc(=O)n(C4CCCC4)c3n2)C1. The van der Waals surface area contributed by atoms with Crippen LogP contribution in [0.25, 0.3) is 11.0 Å². The number of fused-ring (bicyclic) bond motifs is 1. The van der Waals surface area contributed by atoms with Gasteiger partial charge < -0.3 is 10.2 Å². The highest BCUT2D eigenvalue weighted by Crippen LogP contribution is 2.31. The lowest BCUT2D eigenvalue weighted by molar-refractivity contribution is -0.124. The van der Waals surface area contributed by atoms with Crippen molar-refractivity contribution in [2.75, 3.05) is 25.0 Å². The van der Waals surface area contributed by atoms with E-state index in [2.05, 4.69) is 15.2 Å². The van der Waals surface area contributed by atoms with Crippen molar-refractivity contribution in [3.05, 3.63) is 28.2 Å². The van der Waals surface area contributed by atoms with Gasteiger partial charge in [-0.15, -0.1) is 0 Å². The Kier molecular flexibility index (Phi) is 4.85. The summed E-state index contributed by atoms with van der Waals surface area (Å²) in [6.45, 7) is 3.39. The fraction of sp³-hybridized carbons (Fsp3) is 0.600. The molecule has 1 unspecified atom stereocenters. The van der Waals surface area contributed by atoms with E-state index in [1.807, 2.05) is 17.7 Å². The number of hydrogen-bond donors (Lipinski definition) is 1. The van der Waals surface area contributed by atoms with Gasteiger partial charge in [-0.3, -0.25) is 14.2 Å². The van der Waals surface area contributed by atoms with Gasteiger partial charge in [-0.25, -0.2) is 4.98 Å². The highest BCUT2D eigenvalue weighted by molar-refractivity contribution is 5.80. The van der Waals surface area contributed by atoms with Crippen molar-refractivity contribution < 1.29 is 4.79 Å². The maximum Gasteiger partial charge on any atom is 0.252 e. The van der Waals surface area contributed by atoms with E-state index in [-0.39, 0.29) is 23.4 Å². The van der Waals surface area contributed by atoms with Gasteiger partial charge in [-0.05, 0) is 38.2 Å². The van der Waals surface area contributed by atoms with E-state index in [1.54, 1.807) is 13.1 Å². The largest absolute Gasteiger partial charge is 0.359 e. The monoisotopic (exact) mass is 369 g/mol. The number of hydrogen-bond acceptors (Lipinski definition) is 5. The highest BCUT2D eigenvalue weighted by atomic mass is 16.2. The first-order valence-corrected chi connectivity index (χ1v) is 9.94. The molecule has 27 heavy (non-hydrogen) atoms. The minimum absolute atomic E-state index is 0.0263. The summed E-state index contributed by atoms with van der Waals surface area (Å²) >= 11 is 0. The van der Waals surface area contributed by atoms with Gasteiger partial charge in [0.1, 0.15) is 5.65 Å². The number of pyridine rings is 1. The van der Waals surface area contributed by atoms with Gasteiger partial charge in [0.15, 0.2) is 0 Å². The molecule has 144 valence electrons. The van der Waals surface area contributed by atoms with Crippen LogP contribution in [0.5, 0.6) is 0 Å². The maximum atomic E-state index is 12.7. The molecular formula is C20H27N5O2. The Labute approximate surface area is 158 Å². The normalized spacial score (nSPS) is 21.0. The Morgan fingerprint density at radius 2 is 2.00 bits per heavy atom. The first-order valence-electron chi connectivity index (χ1n) is 9.94. The van der Waals surface area contributed by atoms with Crippen LogP contribution in [-0.2, 0) is 4.79 Å². The third-order valence-electron chi connectivity index (χ3n) is 6.00. The number of rotatable bonds is 3. The van der Waals surface area contributed by atoms with Crippen LogP contribution in [0.1, 0.15) is 50.1 Å². The van der Waals surface area contributed by atoms with E-state index < -0.39 is 0 Å².